The summed E-state index contributed by atoms with van der Waals surface area (Å²) in [7, 11) is 0. The molecule has 0 bridgehead atoms. The summed E-state index contributed by atoms with van der Waals surface area (Å²) in [5, 5.41) is 8.44. The lowest BCUT2D eigenvalue weighted by Gasteiger charge is -2.20. The molecule has 0 spiro atoms. The molecule has 2 aromatic carbocycles. The summed E-state index contributed by atoms with van der Waals surface area (Å²) in [6.07, 6.45) is 1.53. The monoisotopic (exact) mass is 404 g/mol. The minimum Gasteiger partial charge on any atom is -0.345 e. The Morgan fingerprint density at radius 1 is 1.10 bits per heavy atom. The van der Waals surface area contributed by atoms with Crippen LogP contribution in [0.15, 0.2) is 42.5 Å². The van der Waals surface area contributed by atoms with Gasteiger partial charge >= 0.3 is 0 Å². The van der Waals surface area contributed by atoms with Crippen LogP contribution in [0.5, 0.6) is 0 Å². The number of hydrogen-bond acceptors (Lipinski definition) is 4. The van der Waals surface area contributed by atoms with Crippen molar-refractivity contribution in [3.63, 3.8) is 0 Å². The van der Waals surface area contributed by atoms with Gasteiger partial charge in [0.05, 0.1) is 23.7 Å². The Balaban J connectivity index is 1.34. The van der Waals surface area contributed by atoms with Gasteiger partial charge in [0.15, 0.2) is 0 Å². The number of rotatable bonds is 3. The highest BCUT2D eigenvalue weighted by atomic mass is 16.2. The van der Waals surface area contributed by atoms with Crippen molar-refractivity contribution in [3.8, 4) is 0 Å². The molecule has 30 heavy (non-hydrogen) atoms. The molecule has 2 atom stereocenters. The van der Waals surface area contributed by atoms with Crippen LogP contribution in [0.2, 0.25) is 0 Å². The molecule has 0 aliphatic carbocycles. The summed E-state index contributed by atoms with van der Waals surface area (Å²) in [5.74, 6) is -0.845. The van der Waals surface area contributed by atoms with Crippen LogP contribution in [0, 0.1) is 0 Å². The molecule has 1 saturated heterocycles. The van der Waals surface area contributed by atoms with Crippen LogP contribution in [0.25, 0.3) is 0 Å². The highest BCUT2D eigenvalue weighted by Gasteiger charge is 2.38. The summed E-state index contributed by atoms with van der Waals surface area (Å²) in [5.41, 5.74) is 2.68. The van der Waals surface area contributed by atoms with Gasteiger partial charge in [-0.25, -0.2) is 0 Å². The zero-order valence-corrected chi connectivity index (χ0v) is 16.1. The zero-order chi connectivity index (χ0) is 20.8. The van der Waals surface area contributed by atoms with Gasteiger partial charge in [-0.1, -0.05) is 18.2 Å². The Labute approximate surface area is 172 Å². The molecule has 3 aliphatic heterocycles. The van der Waals surface area contributed by atoms with E-state index in [0.717, 1.165) is 12.0 Å². The van der Waals surface area contributed by atoms with Gasteiger partial charge in [0, 0.05) is 17.8 Å². The lowest BCUT2D eigenvalue weighted by molar-refractivity contribution is -0.119. The Hall–Kier alpha value is -3.68. The maximum atomic E-state index is 12.9. The Morgan fingerprint density at radius 3 is 2.80 bits per heavy atom. The molecule has 1 unspecified atom stereocenters. The highest BCUT2D eigenvalue weighted by molar-refractivity contribution is 6.11. The largest absolute Gasteiger partial charge is 0.345 e. The third-order valence-electron chi connectivity index (χ3n) is 5.88. The fourth-order valence-corrected chi connectivity index (χ4v) is 4.44. The van der Waals surface area contributed by atoms with Crippen LogP contribution in [0.1, 0.15) is 51.6 Å². The molecule has 0 aromatic heterocycles. The van der Waals surface area contributed by atoms with E-state index in [2.05, 4.69) is 16.0 Å². The van der Waals surface area contributed by atoms with E-state index in [9.17, 15) is 19.2 Å². The Kier molecular flexibility index (Phi) is 4.27. The van der Waals surface area contributed by atoms with Gasteiger partial charge in [0.2, 0.25) is 11.8 Å². The number of nitrogens with one attached hydrogen (secondary N) is 3. The van der Waals surface area contributed by atoms with Gasteiger partial charge in [-0.05, 0) is 42.7 Å². The van der Waals surface area contributed by atoms with E-state index in [0.29, 0.717) is 35.5 Å². The van der Waals surface area contributed by atoms with Crippen molar-refractivity contribution in [1.29, 1.82) is 0 Å². The van der Waals surface area contributed by atoms with Crippen molar-refractivity contribution in [3.05, 3.63) is 59.2 Å². The van der Waals surface area contributed by atoms with E-state index in [1.807, 2.05) is 12.1 Å². The standard InChI is InChI=1S/C22H20N4O4/c27-19(11-17-13-4-1-2-5-14(13)20(28)25-17)23-12-7-8-16-15(10-12)22(30)26-9-3-6-18(26)21(29)24-16/h1-2,4-5,7-8,10,17-18H,3,6,9,11H2,(H,23,27)(H,24,29)(H,25,28)/t17?,18-/m0/s1. The maximum Gasteiger partial charge on any atom is 0.256 e. The molecule has 3 aliphatic rings. The fourth-order valence-electron chi connectivity index (χ4n) is 4.44. The van der Waals surface area contributed by atoms with Crippen molar-refractivity contribution in [1.82, 2.24) is 10.2 Å². The minimum atomic E-state index is -0.436. The molecule has 3 heterocycles. The number of hydrogen-bond donors (Lipinski definition) is 3. The summed E-state index contributed by atoms with van der Waals surface area (Å²) < 4.78 is 0. The lowest BCUT2D eigenvalue weighted by atomic mass is 10.0. The van der Waals surface area contributed by atoms with E-state index in [1.165, 1.54) is 0 Å². The molecule has 5 rings (SSSR count). The van der Waals surface area contributed by atoms with E-state index >= 15 is 0 Å². The summed E-state index contributed by atoms with van der Waals surface area (Å²) >= 11 is 0. The number of nitrogens with zero attached hydrogens (tertiary/aromatic N) is 1. The molecule has 4 amide bonds. The number of amides is 4. The molecular formula is C22H20N4O4. The van der Waals surface area contributed by atoms with Gasteiger partial charge in [-0.2, -0.15) is 0 Å². The Bertz CT molecular complexity index is 1100. The van der Waals surface area contributed by atoms with Crippen molar-refractivity contribution >= 4 is 35.0 Å². The predicted octanol–water partition coefficient (Wildman–Crippen LogP) is 2.06. The average Bonchev–Trinajstić information content (AvgIpc) is 3.32. The second kappa shape index (κ2) is 6.98. The number of carbonyl (C=O) groups is 4. The van der Waals surface area contributed by atoms with E-state index in [-0.39, 0.29) is 36.1 Å². The topological polar surface area (TPSA) is 108 Å². The molecule has 152 valence electrons. The van der Waals surface area contributed by atoms with Crippen LogP contribution in [0.3, 0.4) is 0 Å². The SMILES string of the molecule is O=C(CC1NC(=O)c2ccccc21)Nc1ccc2c(c1)C(=O)N1CCC[C@H]1C(=O)N2. The lowest BCUT2D eigenvalue weighted by Crippen LogP contribution is -2.40. The first kappa shape index (κ1) is 18.4. The fraction of sp³-hybridized carbons (Fsp3) is 0.273. The molecule has 0 radical (unpaired) electrons. The van der Waals surface area contributed by atoms with E-state index in [1.54, 1.807) is 35.2 Å². The number of anilines is 2. The second-order valence-corrected chi connectivity index (χ2v) is 7.77. The van der Waals surface area contributed by atoms with Crippen LogP contribution in [-0.2, 0) is 9.59 Å². The van der Waals surface area contributed by atoms with Crippen LogP contribution < -0.4 is 16.0 Å². The number of fused-ring (bicyclic) bond motifs is 3. The minimum absolute atomic E-state index is 0.0821. The van der Waals surface area contributed by atoms with Crippen LogP contribution in [-0.4, -0.2) is 41.1 Å². The van der Waals surface area contributed by atoms with Crippen LogP contribution in [0.4, 0.5) is 11.4 Å². The number of carbonyl (C=O) groups excluding carboxylic acids is 4. The van der Waals surface area contributed by atoms with E-state index < -0.39 is 6.04 Å². The van der Waals surface area contributed by atoms with Crippen molar-refractivity contribution < 1.29 is 19.2 Å². The van der Waals surface area contributed by atoms with E-state index in [4.69, 9.17) is 0 Å². The molecule has 8 heteroatoms. The molecular weight excluding hydrogens is 384 g/mol. The molecule has 0 saturated carbocycles. The maximum absolute atomic E-state index is 12.9. The Morgan fingerprint density at radius 2 is 1.93 bits per heavy atom. The average molecular weight is 404 g/mol. The molecule has 8 nitrogen and oxygen atoms in total. The van der Waals surface area contributed by atoms with Crippen molar-refractivity contribution in [2.24, 2.45) is 0 Å². The first-order valence-corrected chi connectivity index (χ1v) is 9.97. The first-order chi connectivity index (χ1) is 14.5. The molecule has 2 aromatic rings. The van der Waals surface area contributed by atoms with Gasteiger partial charge in [0.25, 0.3) is 11.8 Å². The summed E-state index contributed by atoms with van der Waals surface area (Å²) in [6.45, 7) is 0.549. The highest BCUT2D eigenvalue weighted by Crippen LogP contribution is 2.31. The number of benzene rings is 2. The smallest absolute Gasteiger partial charge is 0.256 e. The van der Waals surface area contributed by atoms with Gasteiger partial charge < -0.3 is 20.9 Å². The van der Waals surface area contributed by atoms with Gasteiger partial charge in [-0.15, -0.1) is 0 Å². The third-order valence-corrected chi connectivity index (χ3v) is 5.88. The molecule has 3 N–H and O–H groups in total. The summed E-state index contributed by atoms with van der Waals surface area (Å²) in [6, 6.07) is 11.3. The first-order valence-electron chi connectivity index (χ1n) is 9.97. The van der Waals surface area contributed by atoms with Gasteiger partial charge in [0.1, 0.15) is 6.04 Å². The van der Waals surface area contributed by atoms with Crippen molar-refractivity contribution in [2.45, 2.75) is 31.3 Å². The predicted molar refractivity (Wildman–Crippen MR) is 109 cm³/mol. The zero-order valence-electron chi connectivity index (χ0n) is 16.1. The quantitative estimate of drug-likeness (QED) is 0.728. The van der Waals surface area contributed by atoms with Crippen molar-refractivity contribution in [2.75, 3.05) is 17.2 Å². The summed E-state index contributed by atoms with van der Waals surface area (Å²) in [4.78, 5) is 51.6. The van der Waals surface area contributed by atoms with Gasteiger partial charge in [-0.3, -0.25) is 19.2 Å². The second-order valence-electron chi connectivity index (χ2n) is 7.77. The van der Waals surface area contributed by atoms with Crippen LogP contribution >= 0.6 is 0 Å². The molecule has 1 fully saturated rings. The third kappa shape index (κ3) is 3.01. The normalized spacial score (nSPS) is 21.9.